The van der Waals surface area contributed by atoms with E-state index in [1.807, 2.05) is 38.1 Å². The van der Waals surface area contributed by atoms with Crippen LogP contribution in [0, 0.1) is 5.92 Å². The molecule has 1 aliphatic rings. The van der Waals surface area contributed by atoms with Gasteiger partial charge in [-0.05, 0) is 37.1 Å². The molecule has 0 N–H and O–H groups in total. The van der Waals surface area contributed by atoms with Gasteiger partial charge >= 0.3 is 0 Å². The zero-order valence-corrected chi connectivity index (χ0v) is 15.2. The summed E-state index contributed by atoms with van der Waals surface area (Å²) in [6.07, 6.45) is 2.11. The average molecular weight is 338 g/mol. The van der Waals surface area contributed by atoms with Gasteiger partial charge in [-0.2, -0.15) is 0 Å². The Balaban J connectivity index is 2.18. The van der Waals surface area contributed by atoms with Crippen LogP contribution in [0.25, 0.3) is 0 Å². The molecular weight excluding hydrogens is 310 g/mol. The third-order valence-electron chi connectivity index (χ3n) is 4.72. The highest BCUT2D eigenvalue weighted by molar-refractivity contribution is 6.30. The Morgan fingerprint density at radius 1 is 1.26 bits per heavy atom. The summed E-state index contributed by atoms with van der Waals surface area (Å²) in [5.41, 5.74) is 1.07. The normalized spacial score (nSPS) is 17.7. The van der Waals surface area contributed by atoms with Crippen molar-refractivity contribution in [3.63, 3.8) is 0 Å². The Hall–Kier alpha value is -0.900. The van der Waals surface area contributed by atoms with Gasteiger partial charge < -0.3 is 4.74 Å². The molecule has 0 amide bonds. The van der Waals surface area contributed by atoms with E-state index in [1.165, 1.54) is 0 Å². The fraction of sp³-hybridized carbons (Fsp3) is 0.632. The number of ketones is 1. The van der Waals surface area contributed by atoms with E-state index >= 15 is 0 Å². The summed E-state index contributed by atoms with van der Waals surface area (Å²) in [5, 5.41) is 0.710. The van der Waals surface area contributed by atoms with Crippen LogP contribution in [0.15, 0.2) is 24.3 Å². The first-order chi connectivity index (χ1) is 11.0. The fourth-order valence-corrected chi connectivity index (χ4v) is 3.40. The Morgan fingerprint density at radius 2 is 1.87 bits per heavy atom. The van der Waals surface area contributed by atoms with Crippen molar-refractivity contribution in [1.29, 1.82) is 0 Å². The quantitative estimate of drug-likeness (QED) is 0.748. The summed E-state index contributed by atoms with van der Waals surface area (Å²) in [4.78, 5) is 15.2. The fourth-order valence-electron chi connectivity index (χ4n) is 3.28. The predicted molar refractivity (Wildman–Crippen MR) is 95.1 cm³/mol. The molecule has 1 aliphatic heterocycles. The van der Waals surface area contributed by atoms with E-state index in [2.05, 4.69) is 11.8 Å². The van der Waals surface area contributed by atoms with Crippen LogP contribution in [0.4, 0.5) is 0 Å². The van der Waals surface area contributed by atoms with Crippen molar-refractivity contribution in [3.05, 3.63) is 34.9 Å². The molecule has 1 heterocycles. The summed E-state index contributed by atoms with van der Waals surface area (Å²) in [6, 6.07) is 8.25. The molecule has 3 nitrogen and oxygen atoms in total. The molecule has 1 aromatic carbocycles. The van der Waals surface area contributed by atoms with Crippen LogP contribution in [-0.2, 0) is 9.53 Å². The number of ether oxygens (including phenoxy) is 1. The van der Waals surface area contributed by atoms with E-state index in [1.54, 1.807) is 0 Å². The number of hydrogen-bond acceptors (Lipinski definition) is 3. The molecular formula is C19H28ClNO2. The second kappa shape index (κ2) is 8.81. The number of carbonyl (C=O) groups excluding carboxylic acids is 1. The van der Waals surface area contributed by atoms with Gasteiger partial charge in [-0.15, -0.1) is 0 Å². The van der Waals surface area contributed by atoms with Crippen LogP contribution < -0.4 is 0 Å². The van der Waals surface area contributed by atoms with Crippen molar-refractivity contribution in [2.24, 2.45) is 5.92 Å². The minimum Gasteiger partial charge on any atom is -0.381 e. The third-order valence-corrected chi connectivity index (χ3v) is 4.97. The highest BCUT2D eigenvalue weighted by Crippen LogP contribution is 2.26. The number of benzene rings is 1. The first-order valence-corrected chi connectivity index (χ1v) is 9.01. The maximum atomic E-state index is 12.8. The van der Waals surface area contributed by atoms with Crippen LogP contribution in [0.1, 0.15) is 45.1 Å². The number of carbonyl (C=O) groups is 1. The predicted octanol–water partition coefficient (Wildman–Crippen LogP) is 4.15. The van der Waals surface area contributed by atoms with Crippen molar-refractivity contribution >= 4 is 17.4 Å². The molecule has 1 atom stereocenters. The second-order valence-corrected chi connectivity index (χ2v) is 7.03. The van der Waals surface area contributed by atoms with Gasteiger partial charge in [0.05, 0.1) is 5.92 Å². The Morgan fingerprint density at radius 3 is 2.39 bits per heavy atom. The topological polar surface area (TPSA) is 29.5 Å². The lowest BCUT2D eigenvalue weighted by Crippen LogP contribution is -2.43. The summed E-state index contributed by atoms with van der Waals surface area (Å²) in [5.74, 6) is 0.247. The summed E-state index contributed by atoms with van der Waals surface area (Å²) in [7, 11) is 0. The molecule has 23 heavy (non-hydrogen) atoms. The molecule has 1 aromatic rings. The zero-order valence-electron chi connectivity index (χ0n) is 14.4. The van der Waals surface area contributed by atoms with Crippen molar-refractivity contribution in [2.45, 2.75) is 45.6 Å². The van der Waals surface area contributed by atoms with Crippen molar-refractivity contribution in [1.82, 2.24) is 4.90 Å². The van der Waals surface area contributed by atoms with Gasteiger partial charge in [0, 0.05) is 36.7 Å². The van der Waals surface area contributed by atoms with Gasteiger partial charge in [0.1, 0.15) is 5.78 Å². The number of nitrogens with zero attached hydrogens (tertiary/aromatic N) is 1. The molecule has 0 radical (unpaired) electrons. The lowest BCUT2D eigenvalue weighted by atomic mass is 9.87. The number of hydrogen-bond donors (Lipinski definition) is 0. The van der Waals surface area contributed by atoms with Gasteiger partial charge in [0.2, 0.25) is 0 Å². The van der Waals surface area contributed by atoms with E-state index in [0.717, 1.165) is 44.7 Å². The molecule has 0 unspecified atom stereocenters. The molecule has 1 saturated heterocycles. The monoisotopic (exact) mass is 337 g/mol. The SMILES string of the molecule is CCN(C[C@@H](C(=O)C(C)C)c1ccc(Cl)cc1)C1CCOCC1. The number of rotatable bonds is 7. The molecule has 4 heteroatoms. The van der Waals surface area contributed by atoms with Crippen LogP contribution in [0.2, 0.25) is 5.02 Å². The first kappa shape index (κ1) is 18.4. The molecule has 1 fully saturated rings. The van der Waals surface area contributed by atoms with Crippen LogP contribution in [-0.4, -0.2) is 43.0 Å². The first-order valence-electron chi connectivity index (χ1n) is 8.64. The van der Waals surface area contributed by atoms with Crippen molar-refractivity contribution in [3.8, 4) is 0 Å². The van der Waals surface area contributed by atoms with Gasteiger partial charge in [-0.25, -0.2) is 0 Å². The minimum atomic E-state index is -0.0879. The highest BCUT2D eigenvalue weighted by atomic mass is 35.5. The van der Waals surface area contributed by atoms with Gasteiger partial charge in [-0.3, -0.25) is 9.69 Å². The summed E-state index contributed by atoms with van der Waals surface area (Å²) in [6.45, 7) is 9.52. The van der Waals surface area contributed by atoms with Crippen molar-refractivity contribution < 1.29 is 9.53 Å². The Bertz CT molecular complexity index is 495. The number of halogens is 1. The molecule has 0 bridgehead atoms. The average Bonchev–Trinajstić information content (AvgIpc) is 2.57. The Labute approximate surface area is 145 Å². The number of likely N-dealkylation sites (N-methyl/N-ethyl adjacent to an activating group) is 1. The van der Waals surface area contributed by atoms with E-state index in [4.69, 9.17) is 16.3 Å². The van der Waals surface area contributed by atoms with Crippen LogP contribution >= 0.6 is 11.6 Å². The zero-order chi connectivity index (χ0) is 16.8. The summed E-state index contributed by atoms with van der Waals surface area (Å²) < 4.78 is 5.47. The largest absolute Gasteiger partial charge is 0.381 e. The Kier molecular flexibility index (Phi) is 7.07. The molecule has 0 aromatic heterocycles. The van der Waals surface area contributed by atoms with Crippen molar-refractivity contribution in [2.75, 3.05) is 26.3 Å². The molecule has 2 rings (SSSR count). The molecule has 0 spiro atoms. The summed E-state index contributed by atoms with van der Waals surface area (Å²) >= 11 is 6.00. The van der Waals surface area contributed by atoms with E-state index in [-0.39, 0.29) is 11.8 Å². The maximum Gasteiger partial charge on any atom is 0.144 e. The lowest BCUT2D eigenvalue weighted by molar-refractivity contribution is -0.124. The second-order valence-electron chi connectivity index (χ2n) is 6.59. The van der Waals surface area contributed by atoms with E-state index in [9.17, 15) is 4.79 Å². The van der Waals surface area contributed by atoms with Gasteiger partial charge in [0.15, 0.2) is 0 Å². The standard InChI is InChI=1S/C19H28ClNO2/c1-4-21(17-9-11-23-12-10-17)13-18(19(22)14(2)3)15-5-7-16(20)8-6-15/h5-8,14,17-18H,4,9-13H2,1-3H3/t18-/m1/s1. The number of Topliss-reactive ketones (excluding diaryl/α,β-unsaturated/α-hetero) is 1. The smallest absolute Gasteiger partial charge is 0.144 e. The maximum absolute atomic E-state index is 12.8. The lowest BCUT2D eigenvalue weighted by Gasteiger charge is -2.36. The van der Waals surface area contributed by atoms with Gasteiger partial charge in [0.25, 0.3) is 0 Å². The minimum absolute atomic E-state index is 0.0315. The molecule has 128 valence electrons. The molecule has 0 aliphatic carbocycles. The van der Waals surface area contributed by atoms with Gasteiger partial charge in [-0.1, -0.05) is 44.5 Å². The molecule has 0 saturated carbocycles. The third kappa shape index (κ3) is 5.03. The highest BCUT2D eigenvalue weighted by Gasteiger charge is 2.28. The van der Waals surface area contributed by atoms with Crippen LogP contribution in [0.5, 0.6) is 0 Å². The van der Waals surface area contributed by atoms with E-state index < -0.39 is 0 Å². The van der Waals surface area contributed by atoms with E-state index in [0.29, 0.717) is 16.8 Å². The van der Waals surface area contributed by atoms with Crippen LogP contribution in [0.3, 0.4) is 0 Å².